The van der Waals surface area contributed by atoms with E-state index >= 15 is 0 Å². The predicted molar refractivity (Wildman–Crippen MR) is 76.8 cm³/mol. The summed E-state index contributed by atoms with van der Waals surface area (Å²) in [5.41, 5.74) is 3.98. The Kier molecular flexibility index (Phi) is 4.82. The van der Waals surface area contributed by atoms with Crippen molar-refractivity contribution in [3.63, 3.8) is 0 Å². The predicted octanol–water partition coefficient (Wildman–Crippen LogP) is 4.18. The van der Waals surface area contributed by atoms with Gasteiger partial charge >= 0.3 is 0 Å². The first-order valence-corrected chi connectivity index (χ1v) is 7.40. The van der Waals surface area contributed by atoms with Crippen LogP contribution in [0.3, 0.4) is 0 Å². The van der Waals surface area contributed by atoms with Crippen molar-refractivity contribution >= 4 is 0 Å². The Morgan fingerprint density at radius 3 is 2.33 bits per heavy atom. The summed E-state index contributed by atoms with van der Waals surface area (Å²) in [6.07, 6.45) is 8.43. The van der Waals surface area contributed by atoms with Gasteiger partial charge in [-0.1, -0.05) is 50.3 Å². The molecular formula is C17H26O. The number of aryl methyl sites for hydroxylation is 2. The quantitative estimate of drug-likeness (QED) is 0.845. The average molecular weight is 246 g/mol. The molecule has 0 bridgehead atoms. The molecule has 2 rings (SSSR count). The van der Waals surface area contributed by atoms with Gasteiger partial charge in [-0.3, -0.25) is 0 Å². The van der Waals surface area contributed by atoms with E-state index in [-0.39, 0.29) is 6.10 Å². The van der Waals surface area contributed by atoms with Crippen LogP contribution in [0.2, 0.25) is 0 Å². The minimum absolute atomic E-state index is 0.159. The second-order valence-electron chi connectivity index (χ2n) is 5.97. The zero-order valence-electron chi connectivity index (χ0n) is 11.8. The van der Waals surface area contributed by atoms with E-state index in [1.807, 2.05) is 0 Å². The van der Waals surface area contributed by atoms with Gasteiger partial charge in [-0.15, -0.1) is 0 Å². The van der Waals surface area contributed by atoms with Crippen LogP contribution in [0.5, 0.6) is 0 Å². The normalized spacial score (nSPS) is 18.8. The summed E-state index contributed by atoms with van der Waals surface area (Å²) in [5, 5.41) is 10.3. The lowest BCUT2D eigenvalue weighted by Gasteiger charge is -2.24. The van der Waals surface area contributed by atoms with Crippen LogP contribution in [0.4, 0.5) is 0 Å². The molecule has 0 aliphatic heterocycles. The van der Waals surface area contributed by atoms with Crippen molar-refractivity contribution in [1.29, 1.82) is 0 Å². The van der Waals surface area contributed by atoms with Crippen molar-refractivity contribution in [2.75, 3.05) is 0 Å². The molecule has 0 radical (unpaired) electrons. The molecule has 100 valence electrons. The molecular weight excluding hydrogens is 220 g/mol. The molecule has 1 aromatic carbocycles. The van der Waals surface area contributed by atoms with Crippen LogP contribution in [0.1, 0.15) is 55.2 Å². The van der Waals surface area contributed by atoms with E-state index in [0.717, 1.165) is 18.8 Å². The smallest absolute Gasteiger partial charge is 0.0583 e. The maximum Gasteiger partial charge on any atom is 0.0583 e. The maximum absolute atomic E-state index is 10.3. The van der Waals surface area contributed by atoms with Crippen molar-refractivity contribution in [2.24, 2.45) is 5.92 Å². The first-order valence-electron chi connectivity index (χ1n) is 7.40. The van der Waals surface area contributed by atoms with Crippen LogP contribution in [-0.2, 0) is 6.42 Å². The third-order valence-corrected chi connectivity index (χ3v) is 4.41. The molecule has 0 aromatic heterocycles. The molecule has 1 fully saturated rings. The Labute approximate surface area is 111 Å². The van der Waals surface area contributed by atoms with E-state index in [2.05, 4.69) is 32.0 Å². The van der Waals surface area contributed by atoms with E-state index in [1.165, 1.54) is 48.8 Å². The van der Waals surface area contributed by atoms with Gasteiger partial charge in [-0.25, -0.2) is 0 Å². The molecule has 1 aliphatic rings. The van der Waals surface area contributed by atoms with Crippen LogP contribution < -0.4 is 0 Å². The minimum atomic E-state index is -0.159. The van der Waals surface area contributed by atoms with Crippen LogP contribution in [0, 0.1) is 19.8 Å². The highest BCUT2D eigenvalue weighted by atomic mass is 16.3. The topological polar surface area (TPSA) is 20.2 Å². The van der Waals surface area contributed by atoms with Gasteiger partial charge in [0.15, 0.2) is 0 Å². The van der Waals surface area contributed by atoms with Gasteiger partial charge in [0.1, 0.15) is 0 Å². The number of hydrogen-bond donors (Lipinski definition) is 1. The van der Waals surface area contributed by atoms with Gasteiger partial charge in [0.25, 0.3) is 0 Å². The lowest BCUT2D eigenvalue weighted by Crippen LogP contribution is -2.19. The summed E-state index contributed by atoms with van der Waals surface area (Å²) in [6.45, 7) is 4.30. The maximum atomic E-state index is 10.3. The monoisotopic (exact) mass is 246 g/mol. The van der Waals surface area contributed by atoms with Crippen LogP contribution in [0.25, 0.3) is 0 Å². The number of hydrogen-bond acceptors (Lipinski definition) is 1. The van der Waals surface area contributed by atoms with Crippen molar-refractivity contribution in [2.45, 2.75) is 64.9 Å². The van der Waals surface area contributed by atoms with Gasteiger partial charge < -0.3 is 5.11 Å². The number of aliphatic hydroxyl groups is 1. The Morgan fingerprint density at radius 1 is 1.11 bits per heavy atom. The molecule has 1 unspecified atom stereocenters. The Morgan fingerprint density at radius 2 is 1.72 bits per heavy atom. The third-order valence-electron chi connectivity index (χ3n) is 4.41. The fraction of sp³-hybridized carbons (Fsp3) is 0.647. The summed E-state index contributed by atoms with van der Waals surface area (Å²) in [6, 6.07) is 6.40. The van der Waals surface area contributed by atoms with Gasteiger partial charge in [0.05, 0.1) is 6.10 Å². The first kappa shape index (κ1) is 13.6. The molecule has 1 heteroatoms. The summed E-state index contributed by atoms with van der Waals surface area (Å²) < 4.78 is 0. The molecule has 1 aliphatic carbocycles. The molecule has 0 spiro atoms. The fourth-order valence-electron chi connectivity index (χ4n) is 3.30. The fourth-order valence-corrected chi connectivity index (χ4v) is 3.30. The lowest BCUT2D eigenvalue weighted by molar-refractivity contribution is 0.130. The molecule has 18 heavy (non-hydrogen) atoms. The van der Waals surface area contributed by atoms with Crippen LogP contribution >= 0.6 is 0 Å². The summed E-state index contributed by atoms with van der Waals surface area (Å²) in [5.74, 6) is 0.762. The molecule has 0 amide bonds. The largest absolute Gasteiger partial charge is 0.393 e. The average Bonchev–Trinajstić information content (AvgIpc) is 2.35. The molecule has 1 N–H and O–H groups in total. The molecule has 1 nitrogen and oxygen atoms in total. The summed E-state index contributed by atoms with van der Waals surface area (Å²) in [4.78, 5) is 0. The minimum Gasteiger partial charge on any atom is -0.393 e. The Balaban J connectivity index is 1.92. The third kappa shape index (κ3) is 3.58. The number of rotatable bonds is 4. The van der Waals surface area contributed by atoms with E-state index in [0.29, 0.717) is 0 Å². The van der Waals surface area contributed by atoms with E-state index in [4.69, 9.17) is 0 Å². The second-order valence-corrected chi connectivity index (χ2v) is 5.97. The highest BCUT2D eigenvalue weighted by molar-refractivity contribution is 5.33. The number of benzene rings is 1. The van der Waals surface area contributed by atoms with Crippen molar-refractivity contribution in [3.8, 4) is 0 Å². The van der Waals surface area contributed by atoms with E-state index < -0.39 is 0 Å². The highest BCUT2D eigenvalue weighted by Crippen LogP contribution is 2.28. The summed E-state index contributed by atoms with van der Waals surface area (Å²) >= 11 is 0. The van der Waals surface area contributed by atoms with Gasteiger partial charge in [0.2, 0.25) is 0 Å². The van der Waals surface area contributed by atoms with Crippen molar-refractivity contribution < 1.29 is 5.11 Å². The zero-order chi connectivity index (χ0) is 13.0. The molecule has 1 atom stereocenters. The van der Waals surface area contributed by atoms with Gasteiger partial charge in [0, 0.05) is 0 Å². The summed E-state index contributed by atoms with van der Waals surface area (Å²) in [7, 11) is 0. The second kappa shape index (κ2) is 6.38. The molecule has 1 saturated carbocycles. The lowest BCUT2D eigenvalue weighted by atomic mass is 9.84. The Hall–Kier alpha value is -0.820. The zero-order valence-corrected chi connectivity index (χ0v) is 11.8. The van der Waals surface area contributed by atoms with Crippen molar-refractivity contribution in [3.05, 3.63) is 34.9 Å². The Bertz CT molecular complexity index is 357. The molecule has 0 saturated heterocycles. The van der Waals surface area contributed by atoms with Gasteiger partial charge in [-0.2, -0.15) is 0 Å². The van der Waals surface area contributed by atoms with Gasteiger partial charge in [-0.05, 0) is 49.3 Å². The first-order chi connectivity index (χ1) is 8.66. The highest BCUT2D eigenvalue weighted by Gasteiger charge is 2.18. The van der Waals surface area contributed by atoms with E-state index in [9.17, 15) is 5.11 Å². The van der Waals surface area contributed by atoms with E-state index in [1.54, 1.807) is 0 Å². The van der Waals surface area contributed by atoms with Crippen LogP contribution in [-0.4, -0.2) is 11.2 Å². The number of aliphatic hydroxyl groups excluding tert-OH is 1. The van der Waals surface area contributed by atoms with Crippen molar-refractivity contribution in [1.82, 2.24) is 0 Å². The molecule has 1 aromatic rings. The molecule has 0 heterocycles. The standard InChI is InChI=1S/C17H26O/c1-13-7-6-8-14(2)17(13)12-16(18)11-15-9-4-3-5-10-15/h6-8,15-16,18H,3-5,9-12H2,1-2H3. The SMILES string of the molecule is Cc1cccc(C)c1CC(O)CC1CCCCC1. The van der Waals surface area contributed by atoms with Crippen LogP contribution in [0.15, 0.2) is 18.2 Å².